The van der Waals surface area contributed by atoms with E-state index >= 15 is 0 Å². The van der Waals surface area contributed by atoms with E-state index < -0.39 is 0 Å². The van der Waals surface area contributed by atoms with Crippen molar-refractivity contribution in [3.8, 4) is 5.75 Å². The Kier molecular flexibility index (Phi) is 4.21. The first-order valence-electron chi connectivity index (χ1n) is 4.15. The van der Waals surface area contributed by atoms with E-state index in [1.54, 1.807) is 12.1 Å². The largest absolute Gasteiger partial charge is 0.426 e. The Labute approximate surface area is 91.4 Å². The number of para-hydroxylation sites is 1. The molecule has 13 heavy (non-hydrogen) atoms. The second-order valence-electron chi connectivity index (χ2n) is 2.61. The van der Waals surface area contributed by atoms with E-state index in [2.05, 4.69) is 22.6 Å². The summed E-state index contributed by atoms with van der Waals surface area (Å²) in [6, 6.07) is 9.13. The van der Waals surface area contributed by atoms with Gasteiger partial charge in [0, 0.05) is 0 Å². The third kappa shape index (κ3) is 3.34. The molecule has 0 aliphatic rings. The highest BCUT2D eigenvalue weighted by molar-refractivity contribution is 14.1. The van der Waals surface area contributed by atoms with Crippen molar-refractivity contribution in [3.63, 3.8) is 0 Å². The van der Waals surface area contributed by atoms with Gasteiger partial charge in [-0.25, -0.2) is 0 Å². The van der Waals surface area contributed by atoms with Crippen LogP contribution in [0.1, 0.15) is 13.3 Å². The Morgan fingerprint density at radius 1 is 1.46 bits per heavy atom. The second kappa shape index (κ2) is 5.21. The lowest BCUT2D eigenvalue weighted by Crippen LogP contribution is -2.19. The molecule has 0 fully saturated rings. The van der Waals surface area contributed by atoms with Gasteiger partial charge in [0.25, 0.3) is 0 Å². The molecule has 3 heteroatoms. The maximum Gasteiger partial charge on any atom is 0.324 e. The summed E-state index contributed by atoms with van der Waals surface area (Å²) >= 11 is 2.08. The SMILES string of the molecule is CCC(I)C(=O)Oc1ccccc1. The second-order valence-corrected chi connectivity index (χ2v) is 4.11. The van der Waals surface area contributed by atoms with E-state index in [0.717, 1.165) is 6.42 Å². The van der Waals surface area contributed by atoms with Gasteiger partial charge in [0.2, 0.25) is 0 Å². The lowest BCUT2D eigenvalue weighted by molar-refractivity contribution is -0.133. The van der Waals surface area contributed by atoms with Crippen LogP contribution in [-0.4, -0.2) is 9.89 Å². The number of carbonyl (C=O) groups excluding carboxylic acids is 1. The van der Waals surface area contributed by atoms with Crippen LogP contribution < -0.4 is 4.74 Å². The average molecular weight is 290 g/mol. The van der Waals surface area contributed by atoms with Crippen molar-refractivity contribution in [3.05, 3.63) is 30.3 Å². The number of esters is 1. The topological polar surface area (TPSA) is 26.3 Å². The predicted molar refractivity (Wildman–Crippen MR) is 60.2 cm³/mol. The summed E-state index contributed by atoms with van der Waals surface area (Å²) < 4.78 is 5.06. The molecular weight excluding hydrogens is 279 g/mol. The van der Waals surface area contributed by atoms with Crippen molar-refractivity contribution < 1.29 is 9.53 Å². The van der Waals surface area contributed by atoms with Crippen molar-refractivity contribution in [2.24, 2.45) is 0 Å². The Bertz CT molecular complexity index is 272. The molecular formula is C10H11IO2. The van der Waals surface area contributed by atoms with Crippen LogP contribution in [0.3, 0.4) is 0 Å². The number of hydrogen-bond donors (Lipinski definition) is 0. The van der Waals surface area contributed by atoms with Crippen LogP contribution in [0.4, 0.5) is 0 Å². The average Bonchev–Trinajstić information content (AvgIpc) is 2.18. The number of hydrogen-bond acceptors (Lipinski definition) is 2. The van der Waals surface area contributed by atoms with Gasteiger partial charge in [0.05, 0.1) is 0 Å². The van der Waals surface area contributed by atoms with Gasteiger partial charge in [-0.15, -0.1) is 0 Å². The van der Waals surface area contributed by atoms with Gasteiger partial charge < -0.3 is 4.74 Å². The van der Waals surface area contributed by atoms with Gasteiger partial charge in [-0.3, -0.25) is 4.79 Å². The molecule has 0 spiro atoms. The smallest absolute Gasteiger partial charge is 0.324 e. The number of rotatable bonds is 3. The zero-order valence-electron chi connectivity index (χ0n) is 7.37. The molecule has 0 amide bonds. The number of ether oxygens (including phenoxy) is 1. The zero-order valence-corrected chi connectivity index (χ0v) is 9.52. The van der Waals surface area contributed by atoms with E-state index in [4.69, 9.17) is 4.74 Å². The standard InChI is InChI=1S/C10H11IO2/c1-2-9(11)10(12)13-8-6-4-3-5-7-8/h3-7,9H,2H2,1H3. The maximum absolute atomic E-state index is 11.3. The van der Waals surface area contributed by atoms with Crippen LogP contribution in [0.15, 0.2) is 30.3 Å². The number of benzene rings is 1. The molecule has 0 aliphatic carbocycles. The molecule has 1 unspecified atom stereocenters. The molecule has 0 saturated carbocycles. The quantitative estimate of drug-likeness (QED) is 0.370. The van der Waals surface area contributed by atoms with Crippen molar-refractivity contribution in [1.82, 2.24) is 0 Å². The van der Waals surface area contributed by atoms with Crippen molar-refractivity contribution >= 4 is 28.6 Å². The van der Waals surface area contributed by atoms with Gasteiger partial charge in [-0.2, -0.15) is 0 Å². The summed E-state index contributed by atoms with van der Waals surface area (Å²) in [6.07, 6.45) is 0.798. The molecule has 1 aromatic rings. The fraction of sp³-hybridized carbons (Fsp3) is 0.300. The molecule has 1 rings (SSSR count). The molecule has 0 radical (unpaired) electrons. The van der Waals surface area contributed by atoms with Crippen LogP contribution >= 0.6 is 22.6 Å². The molecule has 0 saturated heterocycles. The van der Waals surface area contributed by atoms with Crippen LogP contribution in [0.5, 0.6) is 5.75 Å². The fourth-order valence-electron chi connectivity index (χ4n) is 0.835. The van der Waals surface area contributed by atoms with Gasteiger partial charge in [-0.1, -0.05) is 47.7 Å². The van der Waals surface area contributed by atoms with Gasteiger partial charge in [-0.05, 0) is 18.6 Å². The molecule has 0 bridgehead atoms. The van der Waals surface area contributed by atoms with Crippen LogP contribution in [0.25, 0.3) is 0 Å². The Morgan fingerprint density at radius 2 is 2.08 bits per heavy atom. The monoisotopic (exact) mass is 290 g/mol. The molecule has 1 aromatic carbocycles. The molecule has 0 aromatic heterocycles. The summed E-state index contributed by atoms with van der Waals surface area (Å²) in [5.41, 5.74) is 0. The van der Waals surface area contributed by atoms with Crippen LogP contribution in [0.2, 0.25) is 0 Å². The van der Waals surface area contributed by atoms with Crippen LogP contribution in [-0.2, 0) is 4.79 Å². The van der Waals surface area contributed by atoms with E-state index in [1.807, 2.05) is 25.1 Å². The minimum atomic E-state index is -0.172. The van der Waals surface area contributed by atoms with Crippen LogP contribution in [0, 0.1) is 0 Å². The Balaban J connectivity index is 2.55. The highest BCUT2D eigenvalue weighted by Crippen LogP contribution is 2.13. The first-order chi connectivity index (χ1) is 6.24. The zero-order chi connectivity index (χ0) is 9.68. The van der Waals surface area contributed by atoms with Crippen molar-refractivity contribution in [2.75, 3.05) is 0 Å². The number of halogens is 1. The maximum atomic E-state index is 11.3. The lowest BCUT2D eigenvalue weighted by Gasteiger charge is -2.06. The van der Waals surface area contributed by atoms with Crippen molar-refractivity contribution in [2.45, 2.75) is 17.3 Å². The summed E-state index contributed by atoms with van der Waals surface area (Å²) in [5, 5.41) is 0. The third-order valence-electron chi connectivity index (χ3n) is 1.58. The summed E-state index contributed by atoms with van der Waals surface area (Å²) in [6.45, 7) is 1.96. The molecule has 70 valence electrons. The Morgan fingerprint density at radius 3 is 2.62 bits per heavy atom. The third-order valence-corrected chi connectivity index (χ3v) is 2.97. The first kappa shape index (κ1) is 10.5. The van der Waals surface area contributed by atoms with E-state index in [9.17, 15) is 4.79 Å². The molecule has 2 nitrogen and oxygen atoms in total. The molecule has 1 atom stereocenters. The number of carbonyl (C=O) groups is 1. The minimum absolute atomic E-state index is 0.0576. The molecule has 0 heterocycles. The predicted octanol–water partition coefficient (Wildman–Crippen LogP) is 2.81. The summed E-state index contributed by atoms with van der Waals surface area (Å²) in [4.78, 5) is 11.3. The number of alkyl halides is 1. The van der Waals surface area contributed by atoms with Gasteiger partial charge in [0.15, 0.2) is 0 Å². The highest BCUT2D eigenvalue weighted by Gasteiger charge is 2.13. The summed E-state index contributed by atoms with van der Waals surface area (Å²) in [5.74, 6) is 0.442. The lowest BCUT2D eigenvalue weighted by atomic mass is 10.3. The van der Waals surface area contributed by atoms with Gasteiger partial charge >= 0.3 is 5.97 Å². The first-order valence-corrected chi connectivity index (χ1v) is 5.39. The summed E-state index contributed by atoms with van der Waals surface area (Å²) in [7, 11) is 0. The highest BCUT2D eigenvalue weighted by atomic mass is 127. The van der Waals surface area contributed by atoms with Crippen molar-refractivity contribution in [1.29, 1.82) is 0 Å². The molecule has 0 N–H and O–H groups in total. The minimum Gasteiger partial charge on any atom is -0.426 e. The van der Waals surface area contributed by atoms with Gasteiger partial charge in [0.1, 0.15) is 9.67 Å². The van der Waals surface area contributed by atoms with E-state index in [0.29, 0.717) is 5.75 Å². The van der Waals surface area contributed by atoms with E-state index in [1.165, 1.54) is 0 Å². The Hall–Kier alpha value is -0.580. The van der Waals surface area contributed by atoms with E-state index in [-0.39, 0.29) is 9.89 Å². The molecule has 0 aliphatic heterocycles. The fourth-order valence-corrected chi connectivity index (χ4v) is 0.962. The normalized spacial score (nSPS) is 12.2.